The fourth-order valence-electron chi connectivity index (χ4n) is 2.03. The molecule has 0 bridgehead atoms. The maximum absolute atomic E-state index is 10.5. The number of guanidine groups is 1. The van der Waals surface area contributed by atoms with Crippen molar-refractivity contribution in [1.29, 1.82) is 0 Å². The summed E-state index contributed by atoms with van der Waals surface area (Å²) in [5.41, 5.74) is 7.81. The van der Waals surface area contributed by atoms with Gasteiger partial charge in [0.15, 0.2) is 0 Å². The minimum absolute atomic E-state index is 0.0666. The molecule has 5 N–H and O–H groups in total. The second-order valence-electron chi connectivity index (χ2n) is 5.34. The maximum Gasteiger partial charge on any atom is 0.294 e. The van der Waals surface area contributed by atoms with Gasteiger partial charge in [-0.25, -0.2) is 5.48 Å². The van der Waals surface area contributed by atoms with E-state index in [4.69, 9.17) is 15.5 Å². The summed E-state index contributed by atoms with van der Waals surface area (Å²) in [6.45, 7) is 2.93. The molecule has 0 spiro atoms. The average molecular weight is 357 g/mol. The number of nitrogens with two attached hydrogens (primary N) is 1. The largest absolute Gasteiger partial charge is 0.367 e. The first-order valence-electron chi connectivity index (χ1n) is 7.25. The molecule has 2 rings (SSSR count). The summed E-state index contributed by atoms with van der Waals surface area (Å²) >= 11 is 0. The number of aryl methyl sites for hydroxylation is 1. The van der Waals surface area contributed by atoms with Crippen molar-refractivity contribution in [1.82, 2.24) is 10.4 Å². The van der Waals surface area contributed by atoms with Crippen LogP contribution in [-0.4, -0.2) is 54.9 Å². The standard InChI is InChI=1S/C7H15N5O.C7H8O3S/c1-12-4-2-3-6(12)5-9-10-7(8)11-13;1-6-2-4-7(5-3-6)11(8,9)10/h5-6,13H,2-4H2,1H3,(H3,8,10,11);2-5H,1H3,(H,8,9,10)/b9-5+;. The van der Waals surface area contributed by atoms with E-state index in [-0.39, 0.29) is 10.9 Å². The van der Waals surface area contributed by atoms with E-state index in [9.17, 15) is 8.42 Å². The summed E-state index contributed by atoms with van der Waals surface area (Å²) in [4.78, 5) is 2.13. The van der Waals surface area contributed by atoms with E-state index in [0.29, 0.717) is 6.04 Å². The van der Waals surface area contributed by atoms with Crippen LogP contribution in [0.4, 0.5) is 0 Å². The lowest BCUT2D eigenvalue weighted by Gasteiger charge is -2.12. The van der Waals surface area contributed by atoms with E-state index < -0.39 is 10.1 Å². The first kappa shape index (κ1) is 20.0. The van der Waals surface area contributed by atoms with Gasteiger partial charge in [0.05, 0.1) is 4.90 Å². The van der Waals surface area contributed by atoms with Crippen molar-refractivity contribution in [3.63, 3.8) is 0 Å². The molecule has 0 amide bonds. The van der Waals surface area contributed by atoms with Crippen LogP contribution in [0.3, 0.4) is 0 Å². The first-order valence-corrected chi connectivity index (χ1v) is 8.69. The quantitative estimate of drug-likeness (QED) is 0.269. The summed E-state index contributed by atoms with van der Waals surface area (Å²) in [6.07, 6.45) is 4.02. The number of nitrogens with zero attached hydrogens (tertiary/aromatic N) is 3. The molecular formula is C14H23N5O4S. The molecule has 1 saturated heterocycles. The Kier molecular flexibility index (Phi) is 7.79. The highest BCUT2D eigenvalue weighted by molar-refractivity contribution is 7.85. The van der Waals surface area contributed by atoms with E-state index in [2.05, 4.69) is 15.1 Å². The van der Waals surface area contributed by atoms with Gasteiger partial charge in [0.25, 0.3) is 10.1 Å². The summed E-state index contributed by atoms with van der Waals surface area (Å²) in [6, 6.07) is 6.33. The van der Waals surface area contributed by atoms with E-state index >= 15 is 0 Å². The highest BCUT2D eigenvalue weighted by atomic mass is 32.2. The molecule has 0 aliphatic carbocycles. The van der Waals surface area contributed by atoms with Gasteiger partial charge >= 0.3 is 0 Å². The zero-order valence-electron chi connectivity index (χ0n) is 13.6. The summed E-state index contributed by atoms with van der Waals surface area (Å²) < 4.78 is 29.6. The lowest BCUT2D eigenvalue weighted by atomic mass is 10.2. The van der Waals surface area contributed by atoms with E-state index in [1.807, 2.05) is 14.0 Å². The Balaban J connectivity index is 0.000000243. The molecule has 1 unspecified atom stereocenters. The van der Waals surface area contributed by atoms with Crippen LogP contribution in [0.2, 0.25) is 0 Å². The Hall–Kier alpha value is -2.01. The lowest BCUT2D eigenvalue weighted by molar-refractivity contribution is 0.232. The minimum atomic E-state index is -4.02. The number of benzene rings is 1. The van der Waals surface area contributed by atoms with E-state index in [0.717, 1.165) is 18.5 Å². The van der Waals surface area contributed by atoms with Gasteiger partial charge in [0, 0.05) is 12.3 Å². The van der Waals surface area contributed by atoms with Gasteiger partial charge in [-0.3, -0.25) is 14.7 Å². The topological polar surface area (TPSA) is 141 Å². The predicted molar refractivity (Wildman–Crippen MR) is 91.7 cm³/mol. The number of hydrogen-bond acceptors (Lipinski definition) is 6. The Morgan fingerprint density at radius 3 is 2.50 bits per heavy atom. The molecule has 1 fully saturated rings. The molecule has 24 heavy (non-hydrogen) atoms. The zero-order chi connectivity index (χ0) is 18.2. The van der Waals surface area contributed by atoms with Crippen LogP contribution < -0.4 is 11.2 Å². The summed E-state index contributed by atoms with van der Waals surface area (Å²) in [5, 5.41) is 15.6. The van der Waals surface area contributed by atoms with Crippen LogP contribution in [0.5, 0.6) is 0 Å². The van der Waals surface area contributed by atoms with Crippen LogP contribution in [0.25, 0.3) is 0 Å². The van der Waals surface area contributed by atoms with Crippen LogP contribution in [0.1, 0.15) is 18.4 Å². The highest BCUT2D eigenvalue weighted by Crippen LogP contribution is 2.12. The Morgan fingerprint density at radius 2 is 2.04 bits per heavy atom. The molecule has 0 radical (unpaired) electrons. The van der Waals surface area contributed by atoms with Gasteiger partial charge in [-0.1, -0.05) is 17.7 Å². The van der Waals surface area contributed by atoms with Crippen molar-refractivity contribution in [3.8, 4) is 0 Å². The van der Waals surface area contributed by atoms with Crippen LogP contribution >= 0.6 is 0 Å². The van der Waals surface area contributed by atoms with E-state index in [1.165, 1.54) is 18.6 Å². The van der Waals surface area contributed by atoms with Gasteiger partial charge < -0.3 is 5.73 Å². The Labute approximate surface area is 141 Å². The SMILES string of the molecule is CN1CCCC1/C=N/N=C(\N)NO.Cc1ccc(S(=O)(=O)O)cc1. The van der Waals surface area contributed by atoms with Gasteiger partial charge in [0.2, 0.25) is 5.96 Å². The fraction of sp³-hybridized carbons (Fsp3) is 0.429. The zero-order valence-corrected chi connectivity index (χ0v) is 14.4. The van der Waals surface area contributed by atoms with Crippen molar-refractivity contribution < 1.29 is 18.2 Å². The first-order chi connectivity index (χ1) is 11.2. The second-order valence-corrected chi connectivity index (χ2v) is 6.76. The molecule has 10 heteroatoms. The smallest absolute Gasteiger partial charge is 0.294 e. The van der Waals surface area contributed by atoms with Crippen LogP contribution in [0, 0.1) is 6.92 Å². The molecule has 0 saturated carbocycles. The van der Waals surface area contributed by atoms with Crippen molar-refractivity contribution in [2.75, 3.05) is 13.6 Å². The summed E-state index contributed by atoms with van der Waals surface area (Å²) in [7, 11) is -1.98. The summed E-state index contributed by atoms with van der Waals surface area (Å²) in [5.74, 6) is -0.100. The Bertz CT molecular complexity index is 673. The number of likely N-dealkylation sites (tertiary alicyclic amines) is 1. The van der Waals surface area contributed by atoms with Gasteiger partial charge in [-0.05, 0) is 45.5 Å². The number of hydroxylamine groups is 1. The molecule has 1 heterocycles. The normalized spacial score (nSPS) is 19.2. The lowest BCUT2D eigenvalue weighted by Crippen LogP contribution is -2.28. The third-order valence-corrected chi connectivity index (χ3v) is 4.28. The van der Waals surface area contributed by atoms with Crippen molar-refractivity contribution in [3.05, 3.63) is 29.8 Å². The molecule has 1 aromatic carbocycles. The molecule has 9 nitrogen and oxygen atoms in total. The molecule has 0 aromatic heterocycles. The molecule has 1 aromatic rings. The third-order valence-electron chi connectivity index (χ3n) is 3.41. The van der Waals surface area contributed by atoms with Gasteiger partial charge in [-0.15, -0.1) is 5.10 Å². The number of rotatable bonds is 3. The number of nitrogens with one attached hydrogen (secondary N) is 1. The molecule has 1 aliphatic heterocycles. The molecule has 1 atom stereocenters. The monoisotopic (exact) mass is 357 g/mol. The van der Waals surface area contributed by atoms with Crippen molar-refractivity contribution in [2.24, 2.45) is 15.9 Å². The molecule has 1 aliphatic rings. The minimum Gasteiger partial charge on any atom is -0.367 e. The molecule has 134 valence electrons. The average Bonchev–Trinajstić information content (AvgIpc) is 2.92. The van der Waals surface area contributed by atoms with E-state index in [1.54, 1.807) is 23.8 Å². The number of hydrogen-bond donors (Lipinski definition) is 4. The van der Waals surface area contributed by atoms with Crippen molar-refractivity contribution >= 4 is 22.3 Å². The maximum atomic E-state index is 10.5. The van der Waals surface area contributed by atoms with Crippen LogP contribution in [-0.2, 0) is 10.1 Å². The Morgan fingerprint density at radius 1 is 1.42 bits per heavy atom. The third kappa shape index (κ3) is 7.04. The van der Waals surface area contributed by atoms with Crippen LogP contribution in [0.15, 0.2) is 39.4 Å². The fourth-order valence-corrected chi connectivity index (χ4v) is 2.51. The highest BCUT2D eigenvalue weighted by Gasteiger charge is 2.18. The van der Waals surface area contributed by atoms with Gasteiger partial charge in [-0.2, -0.15) is 13.5 Å². The molecular weight excluding hydrogens is 334 g/mol. The second kappa shape index (κ2) is 9.33. The predicted octanol–water partition coefficient (Wildman–Crippen LogP) is 0.602. The van der Waals surface area contributed by atoms with Crippen molar-refractivity contribution in [2.45, 2.75) is 30.7 Å². The van der Waals surface area contributed by atoms with Gasteiger partial charge in [0.1, 0.15) is 0 Å².